The van der Waals surface area contributed by atoms with Crippen LogP contribution in [-0.4, -0.2) is 43.7 Å². The second-order valence-electron chi connectivity index (χ2n) is 2.62. The first-order valence-corrected chi connectivity index (χ1v) is 4.14. The lowest BCUT2D eigenvalue weighted by Crippen LogP contribution is -2.46. The van der Waals surface area contributed by atoms with Gasteiger partial charge in [-0.25, -0.2) is 0 Å². The molecule has 1 amide bonds. The number of rotatable bonds is 5. The van der Waals surface area contributed by atoms with Gasteiger partial charge in [0.1, 0.15) is 6.04 Å². The lowest BCUT2D eigenvalue weighted by molar-refractivity contribution is -0.132. The number of likely N-dealkylation sites (N-methyl/N-ethyl adjacent to an activating group) is 1. The normalized spacial score (nSPS) is 11.8. The third-order valence-electron chi connectivity index (χ3n) is 1.64. The fourth-order valence-electron chi connectivity index (χ4n) is 0.941. The van der Waals surface area contributed by atoms with Crippen molar-refractivity contribution in [3.8, 4) is 12.3 Å². The summed E-state index contributed by atoms with van der Waals surface area (Å²) in [5, 5.41) is 0. The van der Waals surface area contributed by atoms with E-state index in [1.165, 1.54) is 12.0 Å². The molecule has 1 atom stereocenters. The molecule has 0 saturated carbocycles. The number of amides is 1. The van der Waals surface area contributed by atoms with Gasteiger partial charge in [0.2, 0.25) is 5.91 Å². The van der Waals surface area contributed by atoms with E-state index in [9.17, 15) is 4.79 Å². The Kier molecular flexibility index (Phi) is 5.94. The summed E-state index contributed by atoms with van der Waals surface area (Å²) in [5.41, 5.74) is 5.55. The Bertz CT molecular complexity index is 198. The zero-order valence-corrected chi connectivity index (χ0v) is 8.12. The first-order valence-electron chi connectivity index (χ1n) is 4.14. The summed E-state index contributed by atoms with van der Waals surface area (Å²) in [5.74, 6) is 2.24. The van der Waals surface area contributed by atoms with Crippen LogP contribution < -0.4 is 5.73 Å². The molecule has 0 aromatic heterocycles. The molecule has 0 aliphatic heterocycles. The third kappa shape index (κ3) is 3.92. The van der Waals surface area contributed by atoms with Crippen molar-refractivity contribution >= 4 is 5.91 Å². The molecule has 2 N–H and O–H groups in total. The molecule has 0 saturated heterocycles. The van der Waals surface area contributed by atoms with E-state index in [0.29, 0.717) is 13.1 Å². The van der Waals surface area contributed by atoms with Gasteiger partial charge in [-0.15, -0.1) is 6.42 Å². The molecule has 0 aliphatic carbocycles. The molecule has 4 heteroatoms. The minimum absolute atomic E-state index is 0.165. The highest BCUT2D eigenvalue weighted by Crippen LogP contribution is 1.93. The summed E-state index contributed by atoms with van der Waals surface area (Å²) in [7, 11) is 1.50. The molecule has 0 radical (unpaired) electrons. The van der Waals surface area contributed by atoms with Crippen molar-refractivity contribution in [3.05, 3.63) is 0 Å². The van der Waals surface area contributed by atoms with E-state index in [1.54, 1.807) is 0 Å². The van der Waals surface area contributed by atoms with Crippen molar-refractivity contribution in [2.45, 2.75) is 13.0 Å². The van der Waals surface area contributed by atoms with Crippen LogP contribution in [0, 0.1) is 12.3 Å². The van der Waals surface area contributed by atoms with Crippen molar-refractivity contribution in [3.63, 3.8) is 0 Å². The highest BCUT2D eigenvalue weighted by molar-refractivity contribution is 5.82. The van der Waals surface area contributed by atoms with Gasteiger partial charge in [0.05, 0.1) is 13.2 Å². The number of nitrogens with zero attached hydrogens (tertiary/aromatic N) is 1. The topological polar surface area (TPSA) is 55.6 Å². The molecule has 0 spiro atoms. The molecule has 0 heterocycles. The van der Waals surface area contributed by atoms with E-state index in [0.717, 1.165) is 0 Å². The maximum absolute atomic E-state index is 11.5. The molecule has 1 unspecified atom stereocenters. The van der Waals surface area contributed by atoms with Crippen LogP contribution in [0.4, 0.5) is 0 Å². The molecule has 0 aromatic rings. The van der Waals surface area contributed by atoms with Crippen molar-refractivity contribution < 1.29 is 9.53 Å². The van der Waals surface area contributed by atoms with Crippen LogP contribution >= 0.6 is 0 Å². The number of nitrogens with two attached hydrogens (primary N) is 1. The number of carbonyl (C=O) groups excluding carboxylic acids is 1. The van der Waals surface area contributed by atoms with Gasteiger partial charge in [0.15, 0.2) is 0 Å². The number of carbonyl (C=O) groups is 1. The van der Waals surface area contributed by atoms with E-state index >= 15 is 0 Å². The number of terminal acetylenes is 1. The monoisotopic (exact) mass is 184 g/mol. The first kappa shape index (κ1) is 11.9. The largest absolute Gasteiger partial charge is 0.383 e. The Morgan fingerprint density at radius 1 is 1.77 bits per heavy atom. The van der Waals surface area contributed by atoms with Crippen molar-refractivity contribution in [2.24, 2.45) is 5.73 Å². The van der Waals surface area contributed by atoms with Gasteiger partial charge in [0, 0.05) is 13.7 Å². The molecular formula is C9H16N2O2. The maximum atomic E-state index is 11.5. The lowest BCUT2D eigenvalue weighted by Gasteiger charge is -2.21. The summed E-state index contributed by atoms with van der Waals surface area (Å²) >= 11 is 0. The fourth-order valence-corrected chi connectivity index (χ4v) is 0.941. The minimum Gasteiger partial charge on any atom is -0.383 e. The number of ether oxygens (including phenoxy) is 1. The zero-order chi connectivity index (χ0) is 10.3. The van der Waals surface area contributed by atoms with Crippen LogP contribution in [-0.2, 0) is 9.53 Å². The SMILES string of the molecule is C#CCN(CC)C(=O)C(N)COC. The minimum atomic E-state index is -0.613. The molecule has 4 nitrogen and oxygen atoms in total. The molecule has 0 aliphatic rings. The molecule has 0 fully saturated rings. The van der Waals surface area contributed by atoms with Gasteiger partial charge in [-0.2, -0.15) is 0 Å². The summed E-state index contributed by atoms with van der Waals surface area (Å²) in [4.78, 5) is 13.0. The molecule has 0 rings (SSSR count). The quantitative estimate of drug-likeness (QED) is 0.583. The highest BCUT2D eigenvalue weighted by Gasteiger charge is 2.18. The van der Waals surface area contributed by atoms with Gasteiger partial charge < -0.3 is 15.4 Å². The van der Waals surface area contributed by atoms with Crippen LogP contribution in [0.15, 0.2) is 0 Å². The van der Waals surface area contributed by atoms with E-state index < -0.39 is 6.04 Å². The average molecular weight is 184 g/mol. The molecule has 0 aromatic carbocycles. The standard InChI is InChI=1S/C9H16N2O2/c1-4-6-11(5-2)9(12)8(10)7-13-3/h1,8H,5-7,10H2,2-3H3. The van der Waals surface area contributed by atoms with E-state index in [4.69, 9.17) is 16.9 Å². The van der Waals surface area contributed by atoms with E-state index in [2.05, 4.69) is 5.92 Å². The highest BCUT2D eigenvalue weighted by atomic mass is 16.5. The second kappa shape index (κ2) is 6.46. The van der Waals surface area contributed by atoms with Gasteiger partial charge in [-0.3, -0.25) is 4.79 Å². The average Bonchev–Trinajstić information content (AvgIpc) is 2.13. The lowest BCUT2D eigenvalue weighted by atomic mass is 10.3. The summed E-state index contributed by atoms with van der Waals surface area (Å²) in [6.45, 7) is 2.95. The van der Waals surface area contributed by atoms with E-state index in [1.807, 2.05) is 6.92 Å². The maximum Gasteiger partial charge on any atom is 0.242 e. The Morgan fingerprint density at radius 2 is 2.38 bits per heavy atom. The summed E-state index contributed by atoms with van der Waals surface area (Å²) in [6.07, 6.45) is 5.10. The second-order valence-corrected chi connectivity index (χ2v) is 2.62. The molecule has 74 valence electrons. The van der Waals surface area contributed by atoms with Crippen LogP contribution in [0.5, 0.6) is 0 Å². The predicted molar refractivity (Wildman–Crippen MR) is 50.9 cm³/mol. The molecule has 0 bridgehead atoms. The van der Waals surface area contributed by atoms with Gasteiger partial charge >= 0.3 is 0 Å². The molecular weight excluding hydrogens is 168 g/mol. The fraction of sp³-hybridized carbons (Fsp3) is 0.667. The number of methoxy groups -OCH3 is 1. The number of hydrogen-bond donors (Lipinski definition) is 1. The van der Waals surface area contributed by atoms with Gasteiger partial charge in [-0.1, -0.05) is 5.92 Å². The van der Waals surface area contributed by atoms with Crippen molar-refractivity contribution in [1.82, 2.24) is 4.90 Å². The Morgan fingerprint density at radius 3 is 2.77 bits per heavy atom. The van der Waals surface area contributed by atoms with Gasteiger partial charge in [-0.05, 0) is 6.92 Å². The van der Waals surface area contributed by atoms with E-state index in [-0.39, 0.29) is 12.5 Å². The predicted octanol–water partition coefficient (Wildman–Crippen LogP) is -0.558. The van der Waals surface area contributed by atoms with Gasteiger partial charge in [0.25, 0.3) is 0 Å². The van der Waals surface area contributed by atoms with Crippen molar-refractivity contribution in [2.75, 3.05) is 26.8 Å². The Labute approximate surface area is 79.0 Å². The smallest absolute Gasteiger partial charge is 0.242 e. The van der Waals surface area contributed by atoms with Crippen LogP contribution in [0.2, 0.25) is 0 Å². The van der Waals surface area contributed by atoms with Crippen molar-refractivity contribution in [1.29, 1.82) is 0 Å². The Balaban J connectivity index is 4.12. The molecule has 13 heavy (non-hydrogen) atoms. The first-order chi connectivity index (χ1) is 6.17. The van der Waals surface area contributed by atoms with Crippen LogP contribution in [0.25, 0.3) is 0 Å². The zero-order valence-electron chi connectivity index (χ0n) is 8.12. The third-order valence-corrected chi connectivity index (χ3v) is 1.64. The van der Waals surface area contributed by atoms with Crippen LogP contribution in [0.1, 0.15) is 6.92 Å². The Hall–Kier alpha value is -1.05. The summed E-state index contributed by atoms with van der Waals surface area (Å²) < 4.78 is 4.77. The number of hydrogen-bond acceptors (Lipinski definition) is 3. The van der Waals surface area contributed by atoms with Crippen LogP contribution in [0.3, 0.4) is 0 Å². The summed E-state index contributed by atoms with van der Waals surface area (Å²) in [6, 6.07) is -0.613.